The van der Waals surface area contributed by atoms with Crippen molar-refractivity contribution in [1.29, 1.82) is 0 Å². The summed E-state index contributed by atoms with van der Waals surface area (Å²) < 4.78 is 4.63. The molecule has 0 fully saturated rings. The monoisotopic (exact) mass is 415 g/mol. The summed E-state index contributed by atoms with van der Waals surface area (Å²) in [5, 5.41) is 18.8. The predicted molar refractivity (Wildman–Crippen MR) is 107 cm³/mol. The van der Waals surface area contributed by atoms with E-state index in [4.69, 9.17) is 11.6 Å². The Kier molecular flexibility index (Phi) is 4.61. The summed E-state index contributed by atoms with van der Waals surface area (Å²) >= 11 is 8.25. The minimum absolute atomic E-state index is 0.0520. The van der Waals surface area contributed by atoms with E-state index in [0.29, 0.717) is 27.2 Å². The molecule has 6 nitrogen and oxygen atoms in total. The number of fused-ring (bicyclic) bond motifs is 1. The highest BCUT2D eigenvalue weighted by atomic mass is 35.5. The highest BCUT2D eigenvalue weighted by Gasteiger charge is 2.21. The van der Waals surface area contributed by atoms with E-state index < -0.39 is 11.9 Å². The summed E-state index contributed by atoms with van der Waals surface area (Å²) in [6.45, 7) is 0. The molecule has 0 radical (unpaired) electrons. The van der Waals surface area contributed by atoms with E-state index >= 15 is 0 Å². The van der Waals surface area contributed by atoms with Crippen molar-refractivity contribution < 1.29 is 14.7 Å². The van der Waals surface area contributed by atoms with Crippen LogP contribution in [-0.2, 0) is 0 Å². The molecular formula is C18H10ClN3O3S2. The highest BCUT2D eigenvalue weighted by molar-refractivity contribution is 7.15. The molecular weight excluding hydrogens is 406 g/mol. The predicted octanol–water partition coefficient (Wildman–Crippen LogP) is 5.02. The molecule has 0 aliphatic rings. The van der Waals surface area contributed by atoms with Gasteiger partial charge in [-0.1, -0.05) is 28.2 Å². The Hall–Kier alpha value is -2.81. The number of benzene rings is 2. The van der Waals surface area contributed by atoms with Crippen LogP contribution in [0.4, 0.5) is 5.00 Å². The van der Waals surface area contributed by atoms with E-state index in [9.17, 15) is 14.7 Å². The van der Waals surface area contributed by atoms with Crippen LogP contribution >= 0.6 is 34.5 Å². The summed E-state index contributed by atoms with van der Waals surface area (Å²) in [4.78, 5) is 24.4. The van der Waals surface area contributed by atoms with Crippen molar-refractivity contribution in [2.45, 2.75) is 0 Å². The third kappa shape index (κ3) is 3.42. The molecule has 134 valence electrons. The van der Waals surface area contributed by atoms with Gasteiger partial charge < -0.3 is 10.4 Å². The molecule has 4 rings (SSSR count). The van der Waals surface area contributed by atoms with Crippen LogP contribution in [0.1, 0.15) is 20.7 Å². The number of carbonyl (C=O) groups is 2. The molecule has 0 aliphatic carbocycles. The van der Waals surface area contributed by atoms with Crippen LogP contribution in [0, 0.1) is 0 Å². The highest BCUT2D eigenvalue weighted by Crippen LogP contribution is 2.36. The number of hydrogen-bond acceptors (Lipinski definition) is 6. The van der Waals surface area contributed by atoms with Gasteiger partial charge in [0.1, 0.15) is 16.1 Å². The van der Waals surface area contributed by atoms with Crippen molar-refractivity contribution in [3.63, 3.8) is 0 Å². The number of anilines is 1. The molecule has 0 spiro atoms. The van der Waals surface area contributed by atoms with Gasteiger partial charge in [0.25, 0.3) is 5.91 Å². The van der Waals surface area contributed by atoms with E-state index in [1.807, 2.05) is 0 Å². The Bertz CT molecular complexity index is 1170. The van der Waals surface area contributed by atoms with E-state index in [1.54, 1.807) is 47.8 Å². The molecule has 27 heavy (non-hydrogen) atoms. The quantitative estimate of drug-likeness (QED) is 0.488. The Morgan fingerprint density at radius 1 is 1.11 bits per heavy atom. The summed E-state index contributed by atoms with van der Waals surface area (Å²) in [6, 6.07) is 11.9. The van der Waals surface area contributed by atoms with Gasteiger partial charge in [-0.05, 0) is 47.4 Å². The van der Waals surface area contributed by atoms with E-state index in [0.717, 1.165) is 16.0 Å². The fourth-order valence-electron chi connectivity index (χ4n) is 2.60. The Balaban J connectivity index is 1.68. The van der Waals surface area contributed by atoms with Crippen molar-refractivity contribution in [1.82, 2.24) is 9.59 Å². The standard InChI is InChI=1S/C18H10ClN3O3S2/c19-11-4-1-9(2-5-11)12-8-26-17(15(12)18(24)25)20-16(23)10-3-6-13-14(7-10)27-22-21-13/h1-8H,(H,20,23)(H,24,25). The van der Waals surface area contributed by atoms with E-state index in [-0.39, 0.29) is 10.6 Å². The molecule has 0 bridgehead atoms. The van der Waals surface area contributed by atoms with Crippen molar-refractivity contribution in [3.8, 4) is 11.1 Å². The maximum atomic E-state index is 12.6. The first-order chi connectivity index (χ1) is 13.0. The first-order valence-electron chi connectivity index (χ1n) is 7.67. The molecule has 0 atom stereocenters. The van der Waals surface area contributed by atoms with Crippen LogP contribution in [0.5, 0.6) is 0 Å². The van der Waals surface area contributed by atoms with Crippen LogP contribution in [-0.4, -0.2) is 26.6 Å². The zero-order valence-electron chi connectivity index (χ0n) is 13.5. The fraction of sp³-hybridized carbons (Fsp3) is 0. The minimum Gasteiger partial charge on any atom is -0.478 e. The van der Waals surface area contributed by atoms with Crippen molar-refractivity contribution >= 4 is 61.6 Å². The number of aromatic nitrogens is 2. The summed E-state index contributed by atoms with van der Waals surface area (Å²) in [6.07, 6.45) is 0. The summed E-state index contributed by atoms with van der Waals surface area (Å²) in [5.74, 6) is -1.50. The fourth-order valence-corrected chi connectivity index (χ4v) is 4.28. The lowest BCUT2D eigenvalue weighted by Crippen LogP contribution is -2.13. The van der Waals surface area contributed by atoms with E-state index in [2.05, 4.69) is 14.9 Å². The van der Waals surface area contributed by atoms with Gasteiger partial charge in [-0.25, -0.2) is 4.79 Å². The lowest BCUT2D eigenvalue weighted by molar-refractivity contribution is 0.0699. The molecule has 2 N–H and O–H groups in total. The molecule has 2 aromatic heterocycles. The number of halogens is 1. The van der Waals surface area contributed by atoms with Crippen molar-refractivity contribution in [2.75, 3.05) is 5.32 Å². The van der Waals surface area contributed by atoms with Crippen molar-refractivity contribution in [2.24, 2.45) is 0 Å². The third-order valence-corrected chi connectivity index (χ3v) is 5.73. The second kappa shape index (κ2) is 7.07. The molecule has 0 saturated carbocycles. The van der Waals surface area contributed by atoms with Crippen LogP contribution in [0.2, 0.25) is 5.02 Å². The van der Waals surface area contributed by atoms with Gasteiger partial charge in [0.05, 0.1) is 4.70 Å². The first kappa shape index (κ1) is 17.6. The topological polar surface area (TPSA) is 92.2 Å². The second-order valence-corrected chi connectivity index (χ2v) is 7.68. The molecule has 9 heteroatoms. The normalized spacial score (nSPS) is 10.9. The zero-order valence-corrected chi connectivity index (χ0v) is 15.9. The van der Waals surface area contributed by atoms with Gasteiger partial charge in [-0.2, -0.15) is 0 Å². The first-order valence-corrected chi connectivity index (χ1v) is 9.70. The van der Waals surface area contributed by atoms with E-state index in [1.165, 1.54) is 11.5 Å². The lowest BCUT2D eigenvalue weighted by Gasteiger charge is -2.06. The number of nitrogens with zero attached hydrogens (tertiary/aromatic N) is 2. The number of hydrogen-bond donors (Lipinski definition) is 2. The Morgan fingerprint density at radius 2 is 1.89 bits per heavy atom. The van der Waals surface area contributed by atoms with Gasteiger partial charge in [0.15, 0.2) is 0 Å². The van der Waals surface area contributed by atoms with Crippen LogP contribution in [0.3, 0.4) is 0 Å². The zero-order chi connectivity index (χ0) is 19.0. The number of nitrogens with one attached hydrogen (secondary N) is 1. The van der Waals surface area contributed by atoms with Gasteiger partial charge in [0, 0.05) is 21.5 Å². The summed E-state index contributed by atoms with van der Waals surface area (Å²) in [7, 11) is 0. The average molecular weight is 416 g/mol. The van der Waals surface area contributed by atoms with Gasteiger partial charge in [-0.3, -0.25) is 4.79 Å². The number of carbonyl (C=O) groups excluding carboxylic acids is 1. The minimum atomic E-state index is -1.11. The molecule has 4 aromatic rings. The molecule has 0 aliphatic heterocycles. The lowest BCUT2D eigenvalue weighted by atomic mass is 10.0. The molecule has 0 saturated heterocycles. The van der Waals surface area contributed by atoms with Gasteiger partial charge in [-0.15, -0.1) is 16.4 Å². The summed E-state index contributed by atoms with van der Waals surface area (Å²) in [5.41, 5.74) is 2.42. The molecule has 0 unspecified atom stereocenters. The van der Waals surface area contributed by atoms with Crippen LogP contribution in [0.15, 0.2) is 47.8 Å². The smallest absolute Gasteiger partial charge is 0.339 e. The van der Waals surface area contributed by atoms with Crippen LogP contribution < -0.4 is 5.32 Å². The Morgan fingerprint density at radius 3 is 2.63 bits per heavy atom. The number of amides is 1. The number of rotatable bonds is 4. The SMILES string of the molecule is O=C(Nc1scc(-c2ccc(Cl)cc2)c1C(=O)O)c1ccc2nnsc2c1. The Labute approximate surface area is 166 Å². The third-order valence-electron chi connectivity index (χ3n) is 3.90. The maximum Gasteiger partial charge on any atom is 0.339 e. The second-order valence-electron chi connectivity index (χ2n) is 5.58. The number of aromatic carboxylic acids is 1. The number of carboxylic acids is 1. The van der Waals surface area contributed by atoms with Crippen molar-refractivity contribution in [3.05, 3.63) is 64.0 Å². The number of thiophene rings is 1. The van der Waals surface area contributed by atoms with Gasteiger partial charge >= 0.3 is 5.97 Å². The average Bonchev–Trinajstić information content (AvgIpc) is 3.28. The largest absolute Gasteiger partial charge is 0.478 e. The maximum absolute atomic E-state index is 12.6. The number of carboxylic acid groups (broad SMARTS) is 1. The molecule has 2 aromatic carbocycles. The van der Waals surface area contributed by atoms with Gasteiger partial charge in [0.2, 0.25) is 0 Å². The molecule has 2 heterocycles. The molecule has 1 amide bonds. The van der Waals surface area contributed by atoms with Crippen LogP contribution in [0.25, 0.3) is 21.3 Å².